The Bertz CT molecular complexity index is 188. The highest BCUT2D eigenvalue weighted by atomic mass is 16.6. The van der Waals surface area contributed by atoms with Crippen molar-refractivity contribution >= 4 is 0 Å². The van der Waals surface area contributed by atoms with Crippen LogP contribution >= 0.6 is 0 Å². The van der Waals surface area contributed by atoms with Crippen molar-refractivity contribution in [3.63, 3.8) is 0 Å². The van der Waals surface area contributed by atoms with Gasteiger partial charge in [0.25, 0.3) is 0 Å². The van der Waals surface area contributed by atoms with Crippen LogP contribution in [-0.2, 0) is 23.7 Å². The molecule has 0 spiro atoms. The molecule has 0 aromatic carbocycles. The minimum atomic E-state index is -0.614. The molecule has 0 radical (unpaired) electrons. The van der Waals surface area contributed by atoms with Gasteiger partial charge in [-0.1, -0.05) is 6.08 Å². The fourth-order valence-corrected chi connectivity index (χ4v) is 1.14. The number of ether oxygens (including phenoxy) is 5. The van der Waals surface area contributed by atoms with Crippen molar-refractivity contribution in [3.05, 3.63) is 12.7 Å². The molecule has 0 aromatic heterocycles. The van der Waals surface area contributed by atoms with Gasteiger partial charge in [0, 0.05) is 7.11 Å². The third-order valence-corrected chi connectivity index (χ3v) is 2.03. The summed E-state index contributed by atoms with van der Waals surface area (Å²) in [7, 11) is 1.63. The second kappa shape index (κ2) is 15.6. The molecule has 0 rings (SSSR count). The van der Waals surface area contributed by atoms with Gasteiger partial charge in [0.15, 0.2) is 0 Å². The molecule has 0 saturated heterocycles. The lowest BCUT2D eigenvalue weighted by atomic mass is 10.4. The zero-order chi connectivity index (χ0) is 14.2. The fraction of sp³-hybridized carbons (Fsp3) is 0.846. The molecular weight excluding hydrogens is 252 g/mol. The molecule has 114 valence electrons. The van der Waals surface area contributed by atoms with Crippen LogP contribution in [0.3, 0.4) is 0 Å². The third-order valence-electron chi connectivity index (χ3n) is 2.03. The Hall–Kier alpha value is -0.500. The Kier molecular flexibility index (Phi) is 15.1. The minimum absolute atomic E-state index is 0.241. The van der Waals surface area contributed by atoms with Crippen molar-refractivity contribution in [1.82, 2.24) is 0 Å². The van der Waals surface area contributed by atoms with E-state index in [2.05, 4.69) is 6.58 Å². The highest BCUT2D eigenvalue weighted by Crippen LogP contribution is 1.89. The lowest BCUT2D eigenvalue weighted by Gasteiger charge is -2.11. The summed E-state index contributed by atoms with van der Waals surface area (Å²) in [6.45, 7) is 7.60. The molecule has 6 heteroatoms. The summed E-state index contributed by atoms with van der Waals surface area (Å²) in [4.78, 5) is 0. The molecule has 0 aromatic rings. The molecule has 1 atom stereocenters. The Morgan fingerprint density at radius 2 is 1.42 bits per heavy atom. The van der Waals surface area contributed by atoms with Gasteiger partial charge in [-0.05, 0) is 0 Å². The molecule has 0 aliphatic carbocycles. The molecule has 1 unspecified atom stereocenters. The molecule has 19 heavy (non-hydrogen) atoms. The lowest BCUT2D eigenvalue weighted by Crippen LogP contribution is -2.23. The van der Waals surface area contributed by atoms with Crippen LogP contribution in [0.15, 0.2) is 12.7 Å². The number of aliphatic hydroxyl groups is 1. The van der Waals surface area contributed by atoms with E-state index < -0.39 is 6.10 Å². The summed E-state index contributed by atoms with van der Waals surface area (Å²) in [5.74, 6) is 0. The van der Waals surface area contributed by atoms with Gasteiger partial charge in [-0.2, -0.15) is 0 Å². The van der Waals surface area contributed by atoms with Crippen molar-refractivity contribution in [1.29, 1.82) is 0 Å². The topological polar surface area (TPSA) is 66.4 Å². The van der Waals surface area contributed by atoms with E-state index in [-0.39, 0.29) is 13.2 Å². The Morgan fingerprint density at radius 3 is 2.00 bits per heavy atom. The minimum Gasteiger partial charge on any atom is -0.388 e. The zero-order valence-electron chi connectivity index (χ0n) is 11.7. The average Bonchev–Trinajstić information content (AvgIpc) is 2.41. The largest absolute Gasteiger partial charge is 0.388 e. The van der Waals surface area contributed by atoms with Crippen LogP contribution in [0.4, 0.5) is 0 Å². The van der Waals surface area contributed by atoms with E-state index in [1.807, 2.05) is 0 Å². The normalized spacial score (nSPS) is 12.5. The van der Waals surface area contributed by atoms with Crippen molar-refractivity contribution in [2.45, 2.75) is 6.10 Å². The van der Waals surface area contributed by atoms with E-state index in [4.69, 9.17) is 23.7 Å². The van der Waals surface area contributed by atoms with Gasteiger partial charge < -0.3 is 28.8 Å². The maximum atomic E-state index is 9.44. The van der Waals surface area contributed by atoms with Crippen LogP contribution in [0.2, 0.25) is 0 Å². The zero-order valence-corrected chi connectivity index (χ0v) is 11.7. The van der Waals surface area contributed by atoms with E-state index >= 15 is 0 Å². The van der Waals surface area contributed by atoms with Crippen molar-refractivity contribution in [3.8, 4) is 0 Å². The van der Waals surface area contributed by atoms with Crippen molar-refractivity contribution in [2.24, 2.45) is 0 Å². The molecule has 0 saturated carbocycles. The molecule has 1 N–H and O–H groups in total. The van der Waals surface area contributed by atoms with Gasteiger partial charge in [0.2, 0.25) is 0 Å². The first-order chi connectivity index (χ1) is 9.31. The molecule has 0 amide bonds. The first-order valence-corrected chi connectivity index (χ1v) is 6.40. The van der Waals surface area contributed by atoms with Crippen LogP contribution in [0.25, 0.3) is 0 Å². The number of aliphatic hydroxyl groups excluding tert-OH is 1. The van der Waals surface area contributed by atoms with E-state index in [0.717, 1.165) is 0 Å². The maximum Gasteiger partial charge on any atom is 0.101 e. The third kappa shape index (κ3) is 15.4. The van der Waals surface area contributed by atoms with Gasteiger partial charge in [0.05, 0.1) is 59.5 Å². The van der Waals surface area contributed by atoms with Gasteiger partial charge in [-0.25, -0.2) is 0 Å². The summed E-state index contributed by atoms with van der Waals surface area (Å²) in [5, 5.41) is 9.44. The number of rotatable bonds is 15. The monoisotopic (exact) mass is 278 g/mol. The number of hydrogen-bond acceptors (Lipinski definition) is 6. The van der Waals surface area contributed by atoms with Crippen LogP contribution < -0.4 is 0 Å². The van der Waals surface area contributed by atoms with Crippen LogP contribution in [0.1, 0.15) is 0 Å². The first kappa shape index (κ1) is 18.5. The summed E-state index contributed by atoms with van der Waals surface area (Å²) in [6.07, 6.45) is 1.02. The molecule has 6 nitrogen and oxygen atoms in total. The van der Waals surface area contributed by atoms with Crippen molar-refractivity contribution < 1.29 is 28.8 Å². The second-order valence-corrected chi connectivity index (χ2v) is 3.77. The van der Waals surface area contributed by atoms with E-state index in [1.54, 1.807) is 13.2 Å². The molecular formula is C13H26O6. The van der Waals surface area contributed by atoms with Gasteiger partial charge in [-0.15, -0.1) is 6.58 Å². The standard InChI is InChI=1S/C13H26O6/c1-3-4-18-11-13(14)12-19-10-9-17-8-7-16-6-5-15-2/h3,13-14H,1,4-12H2,2H3. The molecule has 0 aliphatic heterocycles. The van der Waals surface area contributed by atoms with E-state index in [0.29, 0.717) is 46.2 Å². The average molecular weight is 278 g/mol. The van der Waals surface area contributed by atoms with Gasteiger partial charge in [0.1, 0.15) is 6.10 Å². The highest BCUT2D eigenvalue weighted by molar-refractivity contribution is 4.64. The SMILES string of the molecule is C=CCOCC(O)COCCOCCOCCOC. The smallest absolute Gasteiger partial charge is 0.101 e. The van der Waals surface area contributed by atoms with Gasteiger partial charge >= 0.3 is 0 Å². The highest BCUT2D eigenvalue weighted by Gasteiger charge is 2.03. The predicted octanol–water partition coefficient (Wildman–Crippen LogP) is 0.246. The van der Waals surface area contributed by atoms with Crippen LogP contribution in [0.5, 0.6) is 0 Å². The summed E-state index contributed by atoms with van der Waals surface area (Å²) in [6, 6.07) is 0. The molecule has 0 heterocycles. The Balaban J connectivity index is 3.07. The lowest BCUT2D eigenvalue weighted by molar-refractivity contribution is -0.0345. The molecule has 0 bridgehead atoms. The Morgan fingerprint density at radius 1 is 0.895 bits per heavy atom. The predicted molar refractivity (Wildman–Crippen MR) is 71.4 cm³/mol. The summed E-state index contributed by atoms with van der Waals surface area (Å²) in [5.41, 5.74) is 0. The van der Waals surface area contributed by atoms with Crippen LogP contribution in [-0.4, -0.2) is 77.8 Å². The van der Waals surface area contributed by atoms with Crippen molar-refractivity contribution in [2.75, 3.05) is 66.6 Å². The van der Waals surface area contributed by atoms with Gasteiger partial charge in [-0.3, -0.25) is 0 Å². The first-order valence-electron chi connectivity index (χ1n) is 6.40. The second-order valence-electron chi connectivity index (χ2n) is 3.77. The summed E-state index contributed by atoms with van der Waals surface area (Å²) >= 11 is 0. The fourth-order valence-electron chi connectivity index (χ4n) is 1.14. The van der Waals surface area contributed by atoms with E-state index in [1.165, 1.54) is 0 Å². The molecule has 0 fully saturated rings. The number of hydrogen-bond donors (Lipinski definition) is 1. The number of methoxy groups -OCH3 is 1. The maximum absolute atomic E-state index is 9.44. The van der Waals surface area contributed by atoms with E-state index in [9.17, 15) is 5.11 Å². The molecule has 0 aliphatic rings. The summed E-state index contributed by atoms with van der Waals surface area (Å²) < 4.78 is 25.6. The quantitative estimate of drug-likeness (QED) is 0.342. The Labute approximate surface area is 115 Å². The van der Waals surface area contributed by atoms with Crippen LogP contribution in [0, 0.1) is 0 Å².